The predicted molar refractivity (Wildman–Crippen MR) is 217 cm³/mol. The lowest BCUT2D eigenvalue weighted by molar-refractivity contribution is -0.154. The van der Waals surface area contributed by atoms with Crippen LogP contribution in [0.3, 0.4) is 0 Å². The summed E-state index contributed by atoms with van der Waals surface area (Å²) >= 11 is 0. The van der Waals surface area contributed by atoms with E-state index in [1.165, 1.54) is 0 Å². The van der Waals surface area contributed by atoms with E-state index in [0.29, 0.717) is 68.2 Å². The summed E-state index contributed by atoms with van der Waals surface area (Å²) in [5, 5.41) is 5.75. The number of aromatic amines is 1. The predicted octanol–water partition coefficient (Wildman–Crippen LogP) is 8.09. The Hall–Kier alpha value is -3.26. The average molecular weight is 795 g/mol. The van der Waals surface area contributed by atoms with E-state index in [0.717, 1.165) is 12.5 Å². The molecule has 54 heavy (non-hydrogen) atoms. The Balaban J connectivity index is 2.75. The van der Waals surface area contributed by atoms with Crippen molar-refractivity contribution in [1.29, 1.82) is 0 Å². The normalized spacial score (nSPS) is 15.3. The number of sulfone groups is 2. The number of hydrogen-bond acceptors (Lipinski definition) is 9. The highest BCUT2D eigenvalue weighted by molar-refractivity contribution is 7.95. The third kappa shape index (κ3) is 10.1. The molecular formula is C40H66N4O8S2. The molecule has 2 rings (SSSR count). The van der Waals surface area contributed by atoms with Gasteiger partial charge < -0.3 is 20.4 Å². The Labute approximate surface area is 324 Å². The molecule has 0 saturated carbocycles. The molecule has 12 nitrogen and oxygen atoms in total. The third-order valence-corrected chi connectivity index (χ3v) is 13.8. The number of anilines is 1. The van der Waals surface area contributed by atoms with Crippen LogP contribution in [0.15, 0.2) is 26.1 Å². The Morgan fingerprint density at radius 2 is 1.30 bits per heavy atom. The molecule has 1 aliphatic rings. The lowest BCUT2D eigenvalue weighted by atomic mass is 9.77. The highest BCUT2D eigenvalue weighted by Crippen LogP contribution is 2.41. The van der Waals surface area contributed by atoms with Crippen LogP contribution in [0.5, 0.6) is 0 Å². The quantitative estimate of drug-likeness (QED) is 0.0928. The molecule has 0 aromatic carbocycles. The zero-order valence-electron chi connectivity index (χ0n) is 35.1. The van der Waals surface area contributed by atoms with Crippen molar-refractivity contribution in [2.45, 2.75) is 145 Å². The summed E-state index contributed by atoms with van der Waals surface area (Å²) in [5.41, 5.74) is -0.808. The number of aliphatic imine (C=N–C) groups is 1. The van der Waals surface area contributed by atoms with Crippen LogP contribution in [-0.2, 0) is 38.8 Å². The van der Waals surface area contributed by atoms with Crippen molar-refractivity contribution >= 4 is 55.2 Å². The molecule has 0 radical (unpaired) electrons. The first-order valence-corrected chi connectivity index (χ1v) is 23.2. The third-order valence-electron chi connectivity index (χ3n) is 11.5. The lowest BCUT2D eigenvalue weighted by Gasteiger charge is -2.30. The summed E-state index contributed by atoms with van der Waals surface area (Å²) in [4.78, 5) is 48.1. The zero-order valence-corrected chi connectivity index (χ0v) is 36.8. The van der Waals surface area contributed by atoms with Crippen LogP contribution in [0.2, 0.25) is 0 Å². The van der Waals surface area contributed by atoms with Crippen LogP contribution < -0.4 is 10.6 Å². The van der Waals surface area contributed by atoms with Crippen LogP contribution in [-0.4, -0.2) is 64.6 Å². The molecule has 0 saturated heterocycles. The minimum Gasteiger partial charge on any atom is -0.465 e. The Kier molecular flexibility index (Phi) is 15.7. The van der Waals surface area contributed by atoms with Gasteiger partial charge in [0, 0.05) is 40.2 Å². The molecule has 2 amide bonds. The molecule has 14 heteroatoms. The van der Waals surface area contributed by atoms with E-state index < -0.39 is 41.8 Å². The lowest BCUT2D eigenvalue weighted by Crippen LogP contribution is -2.44. The monoisotopic (exact) mass is 794 g/mol. The molecule has 0 unspecified atom stereocenters. The number of rotatable bonds is 19. The fourth-order valence-corrected chi connectivity index (χ4v) is 9.49. The molecular weight excluding hydrogens is 729 g/mol. The first-order valence-electron chi connectivity index (χ1n) is 19.4. The molecule has 0 aliphatic carbocycles. The second-order valence-electron chi connectivity index (χ2n) is 16.0. The van der Waals surface area contributed by atoms with E-state index in [1.54, 1.807) is 6.08 Å². The van der Waals surface area contributed by atoms with Gasteiger partial charge >= 0.3 is 5.97 Å². The van der Waals surface area contributed by atoms with Crippen LogP contribution in [0.1, 0.15) is 152 Å². The van der Waals surface area contributed by atoms with Crippen LogP contribution in [0, 0.1) is 22.2 Å². The maximum absolute atomic E-state index is 14.1. The summed E-state index contributed by atoms with van der Waals surface area (Å²) in [5.74, 6) is -1.74. The second kappa shape index (κ2) is 18.1. The van der Waals surface area contributed by atoms with Crippen molar-refractivity contribution < 1.29 is 36.0 Å². The summed E-state index contributed by atoms with van der Waals surface area (Å²) in [7, 11) is -7.82. The maximum Gasteiger partial charge on any atom is 0.311 e. The van der Waals surface area contributed by atoms with Crippen molar-refractivity contribution in [2.24, 2.45) is 27.2 Å². The molecule has 2 heterocycles. The Bertz CT molecular complexity index is 1860. The van der Waals surface area contributed by atoms with E-state index in [1.807, 2.05) is 83.1 Å². The van der Waals surface area contributed by atoms with Gasteiger partial charge in [-0.05, 0) is 83.1 Å². The number of amidine groups is 1. The SMILES string of the molecule is CCC(C)(C)C(=O)OCCCC(CC)(CC)C(=O)NC1=NC(=Cc2[nH]c(NC(=O)C(CC)(CC)CC)c(S(C)(=O)=O)c2C(C)C)C(C(C)C)=C1S(C)(=O)=O. The van der Waals surface area contributed by atoms with Gasteiger partial charge in [0.25, 0.3) is 0 Å². The summed E-state index contributed by atoms with van der Waals surface area (Å²) in [6, 6.07) is 0. The standard InChI is InChI=1S/C40H66N4O8S2/c1-15-38(11,12)37(47)52-23-21-22-40(19-5,20-6)36(46)44-34-32(54(14,50)51)30(26(9)10)28(42-34)24-27-29(25(7)8)31(53(13,48)49)33(41-27)43-35(45)39(16-2,17-3)18-4/h24-26,41H,15-23H2,1-14H3,(H,43,45)(H,42,44,46). The number of amides is 2. The fourth-order valence-electron chi connectivity index (χ4n) is 7.09. The number of nitrogens with one attached hydrogen (secondary N) is 3. The number of aromatic nitrogens is 1. The van der Waals surface area contributed by atoms with E-state index in [-0.39, 0.29) is 57.5 Å². The first kappa shape index (κ1) is 46.9. The van der Waals surface area contributed by atoms with Crippen LogP contribution in [0.25, 0.3) is 6.08 Å². The minimum atomic E-state index is -3.94. The van der Waals surface area contributed by atoms with E-state index in [9.17, 15) is 31.2 Å². The van der Waals surface area contributed by atoms with Crippen molar-refractivity contribution in [1.82, 2.24) is 10.3 Å². The summed E-state index contributed by atoms with van der Waals surface area (Å²) in [6.45, 7) is 22.6. The number of carbonyl (C=O) groups is 3. The van der Waals surface area contributed by atoms with Crippen molar-refractivity contribution in [3.05, 3.63) is 27.4 Å². The van der Waals surface area contributed by atoms with Gasteiger partial charge in [-0.25, -0.2) is 21.8 Å². The molecule has 0 atom stereocenters. The Morgan fingerprint density at radius 3 is 1.72 bits per heavy atom. The molecule has 0 bridgehead atoms. The molecule has 0 spiro atoms. The molecule has 3 N–H and O–H groups in total. The Morgan fingerprint density at radius 1 is 0.778 bits per heavy atom. The molecule has 1 aromatic rings. The summed E-state index contributed by atoms with van der Waals surface area (Å²) < 4.78 is 59.2. The second-order valence-corrected chi connectivity index (χ2v) is 19.9. The highest BCUT2D eigenvalue weighted by atomic mass is 32.2. The maximum atomic E-state index is 14.1. The largest absolute Gasteiger partial charge is 0.465 e. The van der Waals surface area contributed by atoms with Gasteiger partial charge in [0.05, 0.1) is 17.7 Å². The number of allylic oxidation sites excluding steroid dienone is 1. The van der Waals surface area contributed by atoms with Gasteiger partial charge in [0.1, 0.15) is 15.6 Å². The topological polar surface area (TPSA) is 181 Å². The molecule has 1 aromatic heterocycles. The number of nitrogens with zero attached hydrogens (tertiary/aromatic N) is 1. The fraction of sp³-hybridized carbons (Fsp3) is 0.700. The van der Waals surface area contributed by atoms with Crippen molar-refractivity contribution in [3.63, 3.8) is 0 Å². The molecule has 306 valence electrons. The number of esters is 1. The number of H-pyrrole nitrogens is 1. The summed E-state index contributed by atoms with van der Waals surface area (Å²) in [6.07, 6.45) is 7.83. The number of hydrogen-bond donors (Lipinski definition) is 3. The van der Waals surface area contributed by atoms with Gasteiger partial charge in [0.15, 0.2) is 25.5 Å². The minimum absolute atomic E-state index is 0.0385. The smallest absolute Gasteiger partial charge is 0.311 e. The van der Waals surface area contributed by atoms with Gasteiger partial charge in [-0.3, -0.25) is 14.4 Å². The van der Waals surface area contributed by atoms with E-state index in [2.05, 4.69) is 15.6 Å². The zero-order chi connectivity index (χ0) is 41.6. The van der Waals surface area contributed by atoms with Gasteiger partial charge in [-0.15, -0.1) is 0 Å². The first-order chi connectivity index (χ1) is 24.9. The van der Waals surface area contributed by atoms with Gasteiger partial charge in [-0.2, -0.15) is 0 Å². The van der Waals surface area contributed by atoms with Crippen LogP contribution >= 0.6 is 0 Å². The van der Waals surface area contributed by atoms with Crippen molar-refractivity contribution in [3.8, 4) is 0 Å². The van der Waals surface area contributed by atoms with Crippen molar-refractivity contribution in [2.75, 3.05) is 24.4 Å². The molecule has 1 aliphatic heterocycles. The molecule has 0 fully saturated rings. The number of ether oxygens (including phenoxy) is 1. The number of carbonyl (C=O) groups excluding carboxylic acids is 3. The van der Waals surface area contributed by atoms with E-state index in [4.69, 9.17) is 9.73 Å². The van der Waals surface area contributed by atoms with Gasteiger partial charge in [-0.1, -0.05) is 69.2 Å². The van der Waals surface area contributed by atoms with E-state index >= 15 is 0 Å². The van der Waals surface area contributed by atoms with Crippen LogP contribution in [0.4, 0.5) is 5.82 Å². The van der Waals surface area contributed by atoms with Gasteiger partial charge in [0.2, 0.25) is 11.8 Å². The average Bonchev–Trinajstić information content (AvgIpc) is 3.64. The highest BCUT2D eigenvalue weighted by Gasteiger charge is 2.40.